The van der Waals surface area contributed by atoms with Crippen molar-refractivity contribution >= 4 is 11.9 Å². The van der Waals surface area contributed by atoms with Crippen molar-refractivity contribution in [3.63, 3.8) is 0 Å². The summed E-state index contributed by atoms with van der Waals surface area (Å²) in [4.78, 5) is 23.5. The molecule has 0 aliphatic rings. The molecule has 1 heterocycles. The second kappa shape index (κ2) is 6.05. The fourth-order valence-electron chi connectivity index (χ4n) is 1.48. The first-order valence-electron chi connectivity index (χ1n) is 5.20. The van der Waals surface area contributed by atoms with E-state index in [0.717, 1.165) is 5.76 Å². The van der Waals surface area contributed by atoms with Gasteiger partial charge in [-0.2, -0.15) is 0 Å². The molecule has 1 amide bonds. The lowest BCUT2D eigenvalue weighted by molar-refractivity contribution is -0.142. The molecule has 0 bridgehead atoms. The maximum absolute atomic E-state index is 10.9. The maximum atomic E-state index is 10.9. The molecule has 0 spiro atoms. The summed E-state index contributed by atoms with van der Waals surface area (Å²) in [5.41, 5.74) is 0. The minimum atomic E-state index is -1.05. The molecular formula is C11H16N2O4. The Morgan fingerprint density at radius 1 is 1.59 bits per heavy atom. The minimum absolute atomic E-state index is 0.218. The molecule has 0 radical (unpaired) electrons. The van der Waals surface area contributed by atoms with Crippen molar-refractivity contribution in [2.45, 2.75) is 19.5 Å². The summed E-state index contributed by atoms with van der Waals surface area (Å²) in [6.45, 7) is 2.01. The molecule has 2 N–H and O–H groups in total. The van der Waals surface area contributed by atoms with E-state index >= 15 is 0 Å². The number of hydrogen-bond donors (Lipinski definition) is 2. The van der Waals surface area contributed by atoms with Gasteiger partial charge in [0.25, 0.3) is 0 Å². The first kappa shape index (κ1) is 13.2. The second-order valence-electron chi connectivity index (χ2n) is 3.87. The lowest BCUT2D eigenvalue weighted by Crippen LogP contribution is -2.46. The Hall–Kier alpha value is -1.82. The summed E-state index contributed by atoms with van der Waals surface area (Å²) in [6, 6.07) is 2.67. The van der Waals surface area contributed by atoms with E-state index in [1.54, 1.807) is 24.3 Å². The van der Waals surface area contributed by atoms with Crippen LogP contribution in [0.25, 0.3) is 0 Å². The van der Waals surface area contributed by atoms with Crippen molar-refractivity contribution in [3.8, 4) is 0 Å². The fourth-order valence-corrected chi connectivity index (χ4v) is 1.48. The van der Waals surface area contributed by atoms with E-state index in [2.05, 4.69) is 5.32 Å². The van der Waals surface area contributed by atoms with E-state index in [0.29, 0.717) is 6.54 Å². The Labute approximate surface area is 99.2 Å². The SMILES string of the molecule is CC(=O)NC(CN(C)Cc1ccco1)C(=O)O. The van der Waals surface area contributed by atoms with Crippen LogP contribution in [0.2, 0.25) is 0 Å². The Bertz CT molecular complexity index is 375. The van der Waals surface area contributed by atoms with Gasteiger partial charge in [0.15, 0.2) is 0 Å². The number of amides is 1. The van der Waals surface area contributed by atoms with Crippen LogP contribution in [0, 0.1) is 0 Å². The van der Waals surface area contributed by atoms with Gasteiger partial charge in [-0.05, 0) is 19.2 Å². The third kappa shape index (κ3) is 4.69. The van der Waals surface area contributed by atoms with Gasteiger partial charge < -0.3 is 14.8 Å². The number of carboxylic acids is 1. The highest BCUT2D eigenvalue weighted by Crippen LogP contribution is 2.04. The molecule has 0 aliphatic heterocycles. The molecule has 17 heavy (non-hydrogen) atoms. The van der Waals surface area contributed by atoms with Crippen LogP contribution < -0.4 is 5.32 Å². The molecule has 0 fully saturated rings. The average Bonchev–Trinajstić information content (AvgIpc) is 2.68. The molecule has 0 aliphatic carbocycles. The van der Waals surface area contributed by atoms with Gasteiger partial charge in [-0.1, -0.05) is 0 Å². The molecule has 1 aromatic rings. The Morgan fingerprint density at radius 3 is 2.76 bits per heavy atom. The highest BCUT2D eigenvalue weighted by Gasteiger charge is 2.20. The largest absolute Gasteiger partial charge is 0.480 e. The highest BCUT2D eigenvalue weighted by molar-refractivity contribution is 5.82. The quantitative estimate of drug-likeness (QED) is 0.747. The summed E-state index contributed by atoms with van der Waals surface area (Å²) in [7, 11) is 1.76. The molecule has 0 saturated heterocycles. The van der Waals surface area contributed by atoms with E-state index in [9.17, 15) is 9.59 Å². The van der Waals surface area contributed by atoms with E-state index in [1.807, 2.05) is 6.07 Å². The predicted octanol–water partition coefficient (Wildman–Crippen LogP) is 0.301. The first-order valence-corrected chi connectivity index (χ1v) is 5.20. The highest BCUT2D eigenvalue weighted by atomic mass is 16.4. The van der Waals surface area contributed by atoms with Gasteiger partial charge in [-0.15, -0.1) is 0 Å². The Morgan fingerprint density at radius 2 is 2.29 bits per heavy atom. The third-order valence-corrected chi connectivity index (χ3v) is 2.18. The van der Waals surface area contributed by atoms with Crippen LogP contribution in [0.15, 0.2) is 22.8 Å². The summed E-state index contributed by atoms with van der Waals surface area (Å²) < 4.78 is 5.15. The van der Waals surface area contributed by atoms with Gasteiger partial charge in [-0.25, -0.2) is 4.79 Å². The molecule has 1 unspecified atom stereocenters. The Kier molecular flexibility index (Phi) is 4.71. The second-order valence-corrected chi connectivity index (χ2v) is 3.87. The van der Waals surface area contributed by atoms with Gasteiger partial charge in [0.2, 0.25) is 5.91 Å². The lowest BCUT2D eigenvalue weighted by atomic mass is 10.2. The number of carbonyl (C=O) groups excluding carboxylic acids is 1. The van der Waals surface area contributed by atoms with E-state index in [1.165, 1.54) is 6.92 Å². The van der Waals surface area contributed by atoms with Gasteiger partial charge in [0, 0.05) is 13.5 Å². The predicted molar refractivity (Wildman–Crippen MR) is 60.3 cm³/mol. The third-order valence-electron chi connectivity index (χ3n) is 2.18. The molecule has 94 valence electrons. The standard InChI is InChI=1S/C11H16N2O4/c1-8(14)12-10(11(15)16)7-13(2)6-9-4-3-5-17-9/h3-5,10H,6-7H2,1-2H3,(H,12,14)(H,15,16). The minimum Gasteiger partial charge on any atom is -0.480 e. The number of carbonyl (C=O) groups is 2. The molecule has 6 heteroatoms. The summed E-state index contributed by atoms with van der Waals surface area (Å²) in [5.74, 6) is -0.658. The first-order chi connectivity index (χ1) is 7.99. The number of rotatable bonds is 6. The van der Waals surface area contributed by atoms with Gasteiger partial charge in [-0.3, -0.25) is 9.69 Å². The van der Waals surface area contributed by atoms with E-state index in [4.69, 9.17) is 9.52 Å². The zero-order chi connectivity index (χ0) is 12.8. The average molecular weight is 240 g/mol. The lowest BCUT2D eigenvalue weighted by Gasteiger charge is -2.20. The molecule has 1 atom stereocenters. The summed E-state index contributed by atoms with van der Waals surface area (Å²) >= 11 is 0. The van der Waals surface area contributed by atoms with Crippen LogP contribution in [0.1, 0.15) is 12.7 Å². The molecule has 6 nitrogen and oxygen atoms in total. The van der Waals surface area contributed by atoms with Crippen LogP contribution in [-0.2, 0) is 16.1 Å². The number of aliphatic carboxylic acids is 1. The number of carboxylic acid groups (broad SMARTS) is 1. The van der Waals surface area contributed by atoms with Crippen molar-refractivity contribution in [2.24, 2.45) is 0 Å². The van der Waals surface area contributed by atoms with E-state index < -0.39 is 12.0 Å². The van der Waals surface area contributed by atoms with Crippen molar-refractivity contribution in [3.05, 3.63) is 24.2 Å². The smallest absolute Gasteiger partial charge is 0.327 e. The van der Waals surface area contributed by atoms with Crippen molar-refractivity contribution in [2.75, 3.05) is 13.6 Å². The fraction of sp³-hybridized carbons (Fsp3) is 0.455. The molecule has 0 aromatic carbocycles. The maximum Gasteiger partial charge on any atom is 0.327 e. The number of nitrogens with one attached hydrogen (secondary N) is 1. The van der Waals surface area contributed by atoms with Crippen molar-refractivity contribution in [1.82, 2.24) is 10.2 Å². The monoisotopic (exact) mass is 240 g/mol. The van der Waals surface area contributed by atoms with Crippen LogP contribution >= 0.6 is 0 Å². The number of hydrogen-bond acceptors (Lipinski definition) is 4. The summed E-state index contributed by atoms with van der Waals surface area (Å²) in [5, 5.41) is 11.3. The normalized spacial score (nSPS) is 12.4. The van der Waals surface area contributed by atoms with Crippen LogP contribution in [0.5, 0.6) is 0 Å². The molecule has 1 rings (SSSR count). The molecular weight excluding hydrogens is 224 g/mol. The van der Waals surface area contributed by atoms with Gasteiger partial charge in [0.05, 0.1) is 12.8 Å². The van der Waals surface area contributed by atoms with Crippen molar-refractivity contribution in [1.29, 1.82) is 0 Å². The van der Waals surface area contributed by atoms with Gasteiger partial charge in [0.1, 0.15) is 11.8 Å². The van der Waals surface area contributed by atoms with Crippen LogP contribution in [-0.4, -0.2) is 41.5 Å². The topological polar surface area (TPSA) is 82.8 Å². The van der Waals surface area contributed by atoms with Crippen LogP contribution in [0.4, 0.5) is 0 Å². The van der Waals surface area contributed by atoms with Crippen molar-refractivity contribution < 1.29 is 19.1 Å². The molecule has 0 saturated carbocycles. The Balaban J connectivity index is 2.49. The zero-order valence-corrected chi connectivity index (χ0v) is 9.84. The number of likely N-dealkylation sites (N-methyl/N-ethyl adjacent to an activating group) is 1. The number of nitrogens with zero attached hydrogens (tertiary/aromatic N) is 1. The number of furan rings is 1. The van der Waals surface area contributed by atoms with E-state index in [-0.39, 0.29) is 12.5 Å². The molecule has 1 aromatic heterocycles. The van der Waals surface area contributed by atoms with Gasteiger partial charge >= 0.3 is 5.97 Å². The van der Waals surface area contributed by atoms with Crippen LogP contribution in [0.3, 0.4) is 0 Å². The summed E-state index contributed by atoms with van der Waals surface area (Å²) in [6.07, 6.45) is 1.56. The zero-order valence-electron chi connectivity index (χ0n) is 9.84.